The van der Waals surface area contributed by atoms with E-state index in [2.05, 4.69) is 25.4 Å². The normalized spacial score (nSPS) is 11.0. The van der Waals surface area contributed by atoms with Crippen molar-refractivity contribution in [1.29, 1.82) is 0 Å². The maximum absolute atomic E-state index is 13.2. The second-order valence-corrected chi connectivity index (χ2v) is 9.11. The Labute approximate surface area is 232 Å². The van der Waals surface area contributed by atoms with Crippen LogP contribution in [0.2, 0.25) is 10.0 Å². The first-order valence-corrected chi connectivity index (χ1v) is 12.4. The fraction of sp³-hybridized carbons (Fsp3) is 0.154. The minimum absolute atomic E-state index is 0.0290. The van der Waals surface area contributed by atoms with Crippen LogP contribution in [-0.4, -0.2) is 42.4 Å². The summed E-state index contributed by atoms with van der Waals surface area (Å²) in [7, 11) is 2.85. The van der Waals surface area contributed by atoms with Crippen LogP contribution in [0.1, 0.15) is 17.3 Å². The van der Waals surface area contributed by atoms with Crippen molar-refractivity contribution in [2.45, 2.75) is 13.5 Å². The first-order chi connectivity index (χ1) is 18.8. The van der Waals surface area contributed by atoms with Crippen LogP contribution in [0, 0.1) is 0 Å². The van der Waals surface area contributed by atoms with Crippen LogP contribution >= 0.6 is 23.2 Å². The molecule has 0 atom stereocenters. The van der Waals surface area contributed by atoms with Gasteiger partial charge in [-0.15, -0.1) is 5.10 Å². The molecule has 4 heterocycles. The number of halogens is 2. The number of ether oxygens (including phenoxy) is 2. The van der Waals surface area contributed by atoms with Gasteiger partial charge in [0.15, 0.2) is 0 Å². The zero-order chi connectivity index (χ0) is 27.7. The number of carbonyl (C=O) groups excluding carboxylic acids is 1. The lowest BCUT2D eigenvalue weighted by molar-refractivity contribution is 0.0597. The molecule has 5 aromatic rings. The number of hydrogen-bond acceptors (Lipinski definition) is 9. The molecule has 0 saturated carbocycles. The molecule has 0 radical (unpaired) electrons. The van der Waals surface area contributed by atoms with E-state index in [9.17, 15) is 9.59 Å². The summed E-state index contributed by atoms with van der Waals surface area (Å²) in [5, 5.41) is 8.56. The van der Waals surface area contributed by atoms with Crippen molar-refractivity contribution in [2.75, 3.05) is 12.4 Å². The van der Waals surface area contributed by atoms with E-state index >= 15 is 0 Å². The molecule has 39 heavy (non-hydrogen) atoms. The monoisotopic (exact) mass is 565 g/mol. The zero-order valence-corrected chi connectivity index (χ0v) is 22.5. The van der Waals surface area contributed by atoms with Gasteiger partial charge >= 0.3 is 5.97 Å². The number of rotatable bonds is 7. The van der Waals surface area contributed by atoms with Gasteiger partial charge in [-0.2, -0.15) is 4.98 Å². The van der Waals surface area contributed by atoms with E-state index in [4.69, 9.17) is 32.7 Å². The molecule has 0 saturated heterocycles. The van der Waals surface area contributed by atoms with Gasteiger partial charge in [-0.25, -0.2) is 14.8 Å². The van der Waals surface area contributed by atoms with Gasteiger partial charge in [0.2, 0.25) is 17.7 Å². The Morgan fingerprint density at radius 2 is 1.87 bits per heavy atom. The van der Waals surface area contributed by atoms with Crippen molar-refractivity contribution in [1.82, 2.24) is 29.3 Å². The third kappa shape index (κ3) is 5.14. The van der Waals surface area contributed by atoms with Crippen LogP contribution in [0.25, 0.3) is 22.2 Å². The van der Waals surface area contributed by atoms with Gasteiger partial charge in [-0.3, -0.25) is 14.0 Å². The molecule has 11 nitrogen and oxygen atoms in total. The number of carbonyl (C=O) groups is 1. The topological polar surface area (TPSA) is 126 Å². The Morgan fingerprint density at radius 3 is 2.56 bits per heavy atom. The van der Waals surface area contributed by atoms with Crippen LogP contribution in [0.3, 0.4) is 0 Å². The molecule has 0 amide bonds. The summed E-state index contributed by atoms with van der Waals surface area (Å²) >= 11 is 12.7. The Morgan fingerprint density at radius 1 is 1.10 bits per heavy atom. The lowest BCUT2D eigenvalue weighted by Crippen LogP contribution is -2.20. The van der Waals surface area contributed by atoms with E-state index in [0.29, 0.717) is 44.4 Å². The van der Waals surface area contributed by atoms with Crippen LogP contribution in [0.4, 0.5) is 11.6 Å². The van der Waals surface area contributed by atoms with Crippen molar-refractivity contribution >= 4 is 51.8 Å². The van der Waals surface area contributed by atoms with E-state index < -0.39 is 5.97 Å². The van der Waals surface area contributed by atoms with E-state index in [1.807, 2.05) is 6.92 Å². The Bertz CT molecular complexity index is 1760. The number of aromatic nitrogens is 6. The van der Waals surface area contributed by atoms with E-state index in [0.717, 1.165) is 0 Å². The molecule has 13 heteroatoms. The van der Waals surface area contributed by atoms with Crippen LogP contribution in [-0.2, 0) is 18.3 Å². The summed E-state index contributed by atoms with van der Waals surface area (Å²) in [4.78, 5) is 38.8. The number of hydrogen-bond donors (Lipinski definition) is 1. The quantitative estimate of drug-likeness (QED) is 0.263. The van der Waals surface area contributed by atoms with Gasteiger partial charge in [0, 0.05) is 43.0 Å². The van der Waals surface area contributed by atoms with Crippen molar-refractivity contribution in [2.24, 2.45) is 7.05 Å². The van der Waals surface area contributed by atoms with Crippen molar-refractivity contribution in [3.05, 3.63) is 81.0 Å². The Hall–Kier alpha value is -4.48. The number of nitrogens with zero attached hydrogens (tertiary/aromatic N) is 6. The van der Waals surface area contributed by atoms with E-state index in [-0.39, 0.29) is 28.8 Å². The van der Waals surface area contributed by atoms with Gasteiger partial charge in [-0.1, -0.05) is 29.3 Å². The summed E-state index contributed by atoms with van der Waals surface area (Å²) in [6.45, 7) is 2.60. The van der Waals surface area contributed by atoms with Crippen molar-refractivity contribution < 1.29 is 14.3 Å². The third-order valence-electron chi connectivity index (χ3n) is 5.83. The molecule has 5 rings (SSSR count). The van der Waals surface area contributed by atoms with Crippen molar-refractivity contribution in [3.8, 4) is 22.9 Å². The maximum Gasteiger partial charge on any atom is 0.343 e. The number of nitrogens with one attached hydrogen (secondary N) is 1. The third-order valence-corrected chi connectivity index (χ3v) is 6.46. The minimum atomic E-state index is -0.649. The maximum atomic E-state index is 13.2. The lowest BCUT2D eigenvalue weighted by atomic mass is 10.1. The number of benzene rings is 1. The summed E-state index contributed by atoms with van der Waals surface area (Å²) in [6.07, 6.45) is 4.77. The zero-order valence-electron chi connectivity index (χ0n) is 21.0. The van der Waals surface area contributed by atoms with E-state index in [1.54, 1.807) is 54.5 Å². The smallest absolute Gasteiger partial charge is 0.343 e. The molecule has 0 aliphatic heterocycles. The molecule has 0 bridgehead atoms. The molecule has 0 fully saturated rings. The predicted octanol–water partition coefficient (Wildman–Crippen LogP) is 5.24. The fourth-order valence-corrected chi connectivity index (χ4v) is 4.50. The van der Waals surface area contributed by atoms with Crippen LogP contribution in [0.15, 0.2) is 59.8 Å². The summed E-state index contributed by atoms with van der Waals surface area (Å²) in [5.41, 5.74) is 1.28. The molecule has 4 aromatic heterocycles. The number of pyridine rings is 2. The highest BCUT2D eigenvalue weighted by Gasteiger charge is 2.19. The predicted molar refractivity (Wildman–Crippen MR) is 147 cm³/mol. The van der Waals surface area contributed by atoms with Gasteiger partial charge < -0.3 is 14.8 Å². The SMILES string of the molecule is CCn1ccc(Oc2ncc(Nc3ncc4cc(-c5c(Cl)cccc5Cl)c(=O)n(C)c4n3)cc2C(=O)OC)n1. The summed E-state index contributed by atoms with van der Waals surface area (Å²) in [5.74, 6) is -0.162. The van der Waals surface area contributed by atoms with Gasteiger partial charge in [0.05, 0.1) is 34.6 Å². The number of fused-ring (bicyclic) bond motifs is 1. The fourth-order valence-electron chi connectivity index (χ4n) is 3.90. The highest BCUT2D eigenvalue weighted by Crippen LogP contribution is 2.34. The molecule has 1 N–H and O–H groups in total. The standard InChI is InChI=1S/C26H21Cl2N7O4/c1-4-35-9-8-20(33-35)39-23-17(25(37)38-3)11-15(13-29-23)31-26-30-12-14-10-16(24(36)34(2)22(14)32-26)21-18(27)6-5-7-19(21)28/h5-13H,4H2,1-3H3,(H,30,31,32). The molecule has 198 valence electrons. The van der Waals surface area contributed by atoms with Crippen LogP contribution in [0.5, 0.6) is 11.8 Å². The second kappa shape index (κ2) is 10.7. The molecule has 0 aliphatic carbocycles. The highest BCUT2D eigenvalue weighted by atomic mass is 35.5. The number of esters is 1. The number of anilines is 2. The van der Waals surface area contributed by atoms with Gasteiger partial charge in [0.1, 0.15) is 11.2 Å². The first kappa shape index (κ1) is 26.1. The average Bonchev–Trinajstić information content (AvgIpc) is 3.39. The van der Waals surface area contributed by atoms with Crippen molar-refractivity contribution in [3.63, 3.8) is 0 Å². The highest BCUT2D eigenvalue weighted by molar-refractivity contribution is 6.39. The Kier molecular flexibility index (Phi) is 7.18. The largest absolute Gasteiger partial charge is 0.465 e. The average molecular weight is 566 g/mol. The molecular formula is C26H21Cl2N7O4. The van der Waals surface area contributed by atoms with Crippen LogP contribution < -0.4 is 15.6 Å². The second-order valence-electron chi connectivity index (χ2n) is 8.30. The molecule has 1 aromatic carbocycles. The van der Waals surface area contributed by atoms with E-state index in [1.165, 1.54) is 23.9 Å². The molecular weight excluding hydrogens is 545 g/mol. The molecule has 0 spiro atoms. The summed E-state index contributed by atoms with van der Waals surface area (Å²) < 4.78 is 13.7. The number of methoxy groups -OCH3 is 1. The van der Waals surface area contributed by atoms with Gasteiger partial charge in [-0.05, 0) is 31.2 Å². The van der Waals surface area contributed by atoms with Gasteiger partial charge in [0.25, 0.3) is 5.56 Å². The molecule has 0 unspecified atom stereocenters. The Balaban J connectivity index is 1.48. The summed E-state index contributed by atoms with van der Waals surface area (Å²) in [6, 6.07) is 9.86. The lowest BCUT2D eigenvalue weighted by Gasteiger charge is -2.13. The molecule has 0 aliphatic rings. The minimum Gasteiger partial charge on any atom is -0.465 e. The number of aryl methyl sites for hydroxylation is 2. The first-order valence-electron chi connectivity index (χ1n) is 11.7.